The van der Waals surface area contributed by atoms with Gasteiger partial charge in [-0.1, -0.05) is 17.7 Å². The number of thioether (sulfide) groups is 1. The summed E-state index contributed by atoms with van der Waals surface area (Å²) in [7, 11) is 0. The van der Waals surface area contributed by atoms with E-state index in [0.717, 1.165) is 11.8 Å². The number of nitrogens with one attached hydrogen (secondary N) is 1. The summed E-state index contributed by atoms with van der Waals surface area (Å²) in [6.07, 6.45) is 1.21. The highest BCUT2D eigenvalue weighted by Gasteiger charge is 2.11. The molecular formula is C8H7N3O3S. The van der Waals surface area contributed by atoms with Crippen LogP contribution in [0.1, 0.15) is 12.6 Å². The van der Waals surface area contributed by atoms with Gasteiger partial charge in [-0.05, 0) is 10.8 Å². The number of carbonyl (C=O) groups is 1. The van der Waals surface area contributed by atoms with E-state index in [1.165, 1.54) is 13.3 Å². The van der Waals surface area contributed by atoms with Crippen LogP contribution >= 0.6 is 11.8 Å². The third kappa shape index (κ3) is 3.44. The Bertz CT molecular complexity index is 443. The number of aromatic nitrogens is 2. The second-order valence-electron chi connectivity index (χ2n) is 2.44. The Balaban J connectivity index is 2.67. The Morgan fingerprint density at radius 2 is 2.53 bits per heavy atom. The van der Waals surface area contributed by atoms with Crippen LogP contribution in [0, 0.1) is 22.0 Å². The largest absolute Gasteiger partial charge is 0.358 e. The lowest BCUT2D eigenvalue weighted by molar-refractivity contribution is -0.389. The van der Waals surface area contributed by atoms with Crippen molar-refractivity contribution in [2.75, 3.05) is 5.75 Å². The molecule has 0 aromatic carbocycles. The molecule has 1 aromatic rings. The summed E-state index contributed by atoms with van der Waals surface area (Å²) in [6, 6.07) is 0. The summed E-state index contributed by atoms with van der Waals surface area (Å²) >= 11 is 1.05. The van der Waals surface area contributed by atoms with Crippen LogP contribution in [-0.2, 0) is 4.79 Å². The average Bonchev–Trinajstić information content (AvgIpc) is 2.60. The van der Waals surface area contributed by atoms with Crippen molar-refractivity contribution in [2.24, 2.45) is 0 Å². The van der Waals surface area contributed by atoms with Gasteiger partial charge in [-0.3, -0.25) is 4.79 Å². The van der Waals surface area contributed by atoms with Gasteiger partial charge in [-0.15, -0.1) is 0 Å². The lowest BCUT2D eigenvalue weighted by atomic mass is 10.4. The molecule has 0 saturated heterocycles. The molecule has 1 rings (SSSR count). The van der Waals surface area contributed by atoms with E-state index in [1.807, 2.05) is 0 Å². The number of carbonyl (C=O) groups excluding carboxylic acids is 1. The van der Waals surface area contributed by atoms with Crippen LogP contribution < -0.4 is 0 Å². The second-order valence-corrected chi connectivity index (χ2v) is 3.59. The Morgan fingerprint density at radius 1 is 1.80 bits per heavy atom. The minimum absolute atomic E-state index is 0.0409. The monoisotopic (exact) mass is 225 g/mol. The normalized spacial score (nSPS) is 9.13. The summed E-state index contributed by atoms with van der Waals surface area (Å²) in [5, 5.41) is 10.4. The predicted molar refractivity (Wildman–Crippen MR) is 55.3 cm³/mol. The summed E-state index contributed by atoms with van der Waals surface area (Å²) in [5.74, 6) is 5.22. The van der Waals surface area contributed by atoms with Crippen LogP contribution in [0.2, 0.25) is 0 Å². The Kier molecular flexibility index (Phi) is 3.88. The number of nitro groups is 1. The quantitative estimate of drug-likeness (QED) is 0.460. The highest BCUT2D eigenvalue weighted by molar-refractivity contribution is 8.13. The van der Waals surface area contributed by atoms with Gasteiger partial charge in [0.1, 0.15) is 0 Å². The number of nitrogens with zero attached hydrogens (tertiary/aromatic N) is 2. The van der Waals surface area contributed by atoms with Crippen LogP contribution in [0.15, 0.2) is 6.33 Å². The third-order valence-corrected chi connectivity index (χ3v) is 2.05. The molecular weight excluding hydrogens is 218 g/mol. The van der Waals surface area contributed by atoms with Crippen molar-refractivity contribution in [1.29, 1.82) is 0 Å². The highest BCUT2D eigenvalue weighted by Crippen LogP contribution is 2.10. The first kappa shape index (κ1) is 11.3. The Labute approximate surface area is 89.6 Å². The second kappa shape index (κ2) is 5.17. The maximum absolute atomic E-state index is 10.5. The standard InChI is InChI=1S/C8H7N3O3S/c1-6(12)15-4-2-3-7-8(11(13)14)10-5-9-7/h5H,4H2,1H3,(H,9,10). The fourth-order valence-electron chi connectivity index (χ4n) is 0.776. The van der Waals surface area contributed by atoms with Crippen molar-refractivity contribution >= 4 is 22.7 Å². The third-order valence-electron chi connectivity index (χ3n) is 1.36. The summed E-state index contributed by atoms with van der Waals surface area (Å²) in [4.78, 5) is 26.4. The van der Waals surface area contributed by atoms with Crippen LogP contribution in [-0.4, -0.2) is 25.8 Å². The van der Waals surface area contributed by atoms with Gasteiger partial charge in [0, 0.05) is 6.92 Å². The Hall–Kier alpha value is -1.81. The summed E-state index contributed by atoms with van der Waals surface area (Å²) < 4.78 is 0. The minimum Gasteiger partial charge on any atom is -0.358 e. The van der Waals surface area contributed by atoms with E-state index in [0.29, 0.717) is 5.75 Å². The van der Waals surface area contributed by atoms with Crippen molar-refractivity contribution in [2.45, 2.75) is 6.92 Å². The van der Waals surface area contributed by atoms with Crippen molar-refractivity contribution in [3.8, 4) is 11.8 Å². The first-order chi connectivity index (χ1) is 7.11. The average molecular weight is 225 g/mol. The zero-order chi connectivity index (χ0) is 11.3. The molecule has 7 heteroatoms. The molecule has 0 bridgehead atoms. The first-order valence-electron chi connectivity index (χ1n) is 3.91. The number of rotatable bonds is 2. The molecule has 0 aliphatic carbocycles. The van der Waals surface area contributed by atoms with E-state index in [9.17, 15) is 14.9 Å². The SMILES string of the molecule is CC(=O)SCC#Cc1nc[nH]c1[N+](=O)[O-]. The molecule has 0 amide bonds. The molecule has 1 heterocycles. The van der Waals surface area contributed by atoms with Gasteiger partial charge in [0.25, 0.3) is 0 Å². The maximum Gasteiger partial charge on any atom is 0.356 e. The van der Waals surface area contributed by atoms with Crippen molar-refractivity contribution in [3.05, 3.63) is 22.1 Å². The molecule has 0 radical (unpaired) electrons. The minimum atomic E-state index is -0.588. The first-order valence-corrected chi connectivity index (χ1v) is 4.90. The van der Waals surface area contributed by atoms with Crippen molar-refractivity contribution in [3.63, 3.8) is 0 Å². The number of aromatic amines is 1. The van der Waals surface area contributed by atoms with E-state index in [2.05, 4.69) is 21.8 Å². The van der Waals surface area contributed by atoms with Crippen LogP contribution in [0.4, 0.5) is 5.82 Å². The fraction of sp³-hybridized carbons (Fsp3) is 0.250. The summed E-state index contributed by atoms with van der Waals surface area (Å²) in [6.45, 7) is 1.43. The van der Waals surface area contributed by atoms with Gasteiger partial charge in [0.2, 0.25) is 5.69 Å². The van der Waals surface area contributed by atoms with Crippen LogP contribution in [0.5, 0.6) is 0 Å². The number of imidazole rings is 1. The molecule has 0 unspecified atom stereocenters. The van der Waals surface area contributed by atoms with E-state index in [1.54, 1.807) is 0 Å². The van der Waals surface area contributed by atoms with Crippen molar-refractivity contribution < 1.29 is 9.72 Å². The van der Waals surface area contributed by atoms with Gasteiger partial charge >= 0.3 is 5.82 Å². The number of hydrogen-bond donors (Lipinski definition) is 1. The number of H-pyrrole nitrogens is 1. The van der Waals surface area contributed by atoms with Crippen LogP contribution in [0.3, 0.4) is 0 Å². The highest BCUT2D eigenvalue weighted by atomic mass is 32.2. The smallest absolute Gasteiger partial charge is 0.356 e. The van der Waals surface area contributed by atoms with E-state index in [4.69, 9.17) is 0 Å². The number of hydrogen-bond acceptors (Lipinski definition) is 5. The fourth-order valence-corrected chi connectivity index (χ4v) is 1.12. The lowest BCUT2D eigenvalue weighted by Crippen LogP contribution is -1.91. The molecule has 0 saturated carbocycles. The Morgan fingerprint density at radius 3 is 3.13 bits per heavy atom. The van der Waals surface area contributed by atoms with Crippen LogP contribution in [0.25, 0.3) is 0 Å². The molecule has 1 N–H and O–H groups in total. The molecule has 15 heavy (non-hydrogen) atoms. The molecule has 0 atom stereocenters. The van der Waals surface area contributed by atoms with Gasteiger partial charge in [-0.25, -0.2) is 4.98 Å². The van der Waals surface area contributed by atoms with Gasteiger partial charge in [-0.2, -0.15) is 4.98 Å². The summed E-state index contributed by atoms with van der Waals surface area (Å²) in [5.41, 5.74) is 0.0872. The zero-order valence-electron chi connectivity index (χ0n) is 7.81. The van der Waals surface area contributed by atoms with Gasteiger partial charge in [0.05, 0.1) is 5.75 Å². The van der Waals surface area contributed by atoms with Gasteiger partial charge < -0.3 is 10.1 Å². The molecule has 78 valence electrons. The van der Waals surface area contributed by atoms with E-state index >= 15 is 0 Å². The maximum atomic E-state index is 10.5. The molecule has 0 aliphatic heterocycles. The zero-order valence-corrected chi connectivity index (χ0v) is 8.63. The molecule has 1 aromatic heterocycles. The molecule has 0 fully saturated rings. The van der Waals surface area contributed by atoms with E-state index < -0.39 is 4.92 Å². The van der Waals surface area contributed by atoms with Crippen molar-refractivity contribution in [1.82, 2.24) is 9.97 Å². The lowest BCUT2D eigenvalue weighted by Gasteiger charge is -1.88. The van der Waals surface area contributed by atoms with E-state index in [-0.39, 0.29) is 16.6 Å². The predicted octanol–water partition coefficient (Wildman–Crippen LogP) is 0.949. The molecule has 6 nitrogen and oxygen atoms in total. The van der Waals surface area contributed by atoms with Gasteiger partial charge in [0.15, 0.2) is 11.4 Å². The molecule has 0 aliphatic rings. The topological polar surface area (TPSA) is 88.9 Å². The molecule has 0 spiro atoms.